The van der Waals surface area contributed by atoms with E-state index in [9.17, 15) is 4.79 Å². The van der Waals surface area contributed by atoms with Crippen molar-refractivity contribution >= 4 is 23.3 Å². The van der Waals surface area contributed by atoms with E-state index in [-0.39, 0.29) is 5.91 Å². The summed E-state index contributed by atoms with van der Waals surface area (Å²) in [7, 11) is 0. The van der Waals surface area contributed by atoms with E-state index in [2.05, 4.69) is 23.2 Å². The molecule has 1 atom stereocenters. The van der Waals surface area contributed by atoms with Gasteiger partial charge in [0, 0.05) is 36.3 Å². The first-order valence-corrected chi connectivity index (χ1v) is 11.1. The number of nitrogens with zero attached hydrogens (tertiary/aromatic N) is 2. The van der Waals surface area contributed by atoms with Crippen LogP contribution in [0.5, 0.6) is 0 Å². The third-order valence-electron chi connectivity index (χ3n) is 6.53. The van der Waals surface area contributed by atoms with Crippen LogP contribution in [0.3, 0.4) is 0 Å². The Morgan fingerprint density at radius 3 is 2.52 bits per heavy atom. The number of amidine groups is 1. The molecule has 3 aromatic rings. The molecule has 1 saturated heterocycles. The van der Waals surface area contributed by atoms with Gasteiger partial charge in [-0.05, 0) is 59.7 Å². The lowest BCUT2D eigenvalue weighted by Crippen LogP contribution is -2.41. The number of carbonyl (C=O) groups is 1. The van der Waals surface area contributed by atoms with Crippen LogP contribution in [-0.4, -0.2) is 28.2 Å². The highest BCUT2D eigenvalue weighted by atomic mass is 35.5. The number of carbonyl (C=O) groups excluding carboxylic acids is 1. The minimum Gasteiger partial charge on any atom is -0.300 e. The molecule has 0 bridgehead atoms. The van der Waals surface area contributed by atoms with Crippen LogP contribution in [0, 0.1) is 11.3 Å². The van der Waals surface area contributed by atoms with E-state index < -0.39 is 5.41 Å². The topological polar surface area (TPSA) is 57.1 Å². The maximum absolute atomic E-state index is 13.8. The fraction of sp³-hybridized carbons (Fsp3) is 0.269. The van der Waals surface area contributed by atoms with Crippen molar-refractivity contribution in [3.63, 3.8) is 0 Å². The van der Waals surface area contributed by atoms with Crippen molar-refractivity contribution in [3.8, 4) is 11.1 Å². The molecule has 2 aliphatic rings. The fourth-order valence-corrected chi connectivity index (χ4v) is 5.00. The summed E-state index contributed by atoms with van der Waals surface area (Å²) in [5, 5.41) is 9.34. The van der Waals surface area contributed by atoms with Gasteiger partial charge in [-0.3, -0.25) is 20.1 Å². The number of halogens is 1. The highest BCUT2D eigenvalue weighted by Gasteiger charge is 2.58. The van der Waals surface area contributed by atoms with Gasteiger partial charge in [0.15, 0.2) is 0 Å². The molecule has 156 valence electrons. The number of pyridine rings is 1. The maximum atomic E-state index is 13.8. The Balaban J connectivity index is 1.47. The first kappa shape index (κ1) is 20.0. The summed E-state index contributed by atoms with van der Waals surface area (Å²) in [6.45, 7) is 0.497. The van der Waals surface area contributed by atoms with E-state index in [0.29, 0.717) is 36.2 Å². The van der Waals surface area contributed by atoms with Crippen LogP contribution in [-0.2, 0) is 16.6 Å². The van der Waals surface area contributed by atoms with E-state index in [1.54, 1.807) is 11.1 Å². The Morgan fingerprint density at radius 2 is 1.81 bits per heavy atom. The molecule has 1 N–H and O–H groups in total. The normalized spacial score (nSPS) is 21.0. The molecule has 1 amide bonds. The molecule has 2 aromatic carbocycles. The molecule has 4 nitrogen and oxygen atoms in total. The van der Waals surface area contributed by atoms with Crippen LogP contribution >= 0.6 is 11.6 Å². The van der Waals surface area contributed by atoms with E-state index in [4.69, 9.17) is 17.0 Å². The number of amides is 1. The number of aromatic nitrogens is 1. The van der Waals surface area contributed by atoms with E-state index in [0.717, 1.165) is 35.2 Å². The van der Waals surface area contributed by atoms with Gasteiger partial charge in [0.25, 0.3) is 0 Å². The van der Waals surface area contributed by atoms with E-state index in [1.807, 2.05) is 48.5 Å². The standard InChI is InChI=1S/C26H24ClN3O/c27-22-8-4-6-19(16-22)18-5-3-7-21(15-18)26(20-10-11-20)17-24(28)30(25(26)31)14-12-23-9-1-2-13-29-23/h1-9,13,15-16,20,28H,10-12,14,17H2. The largest absolute Gasteiger partial charge is 0.300 e. The van der Waals surface area contributed by atoms with Crippen molar-refractivity contribution in [2.75, 3.05) is 6.54 Å². The highest BCUT2D eigenvalue weighted by Crippen LogP contribution is 2.54. The molecule has 1 aliphatic carbocycles. The second kappa shape index (κ2) is 7.93. The Kier molecular flexibility index (Phi) is 5.11. The van der Waals surface area contributed by atoms with Crippen LogP contribution in [0.1, 0.15) is 30.5 Å². The predicted molar refractivity (Wildman–Crippen MR) is 123 cm³/mol. The van der Waals surface area contributed by atoms with Gasteiger partial charge in [-0.25, -0.2) is 0 Å². The second-order valence-corrected chi connectivity index (χ2v) is 8.92. The lowest BCUT2D eigenvalue weighted by Gasteiger charge is -2.28. The second-order valence-electron chi connectivity index (χ2n) is 8.49. The van der Waals surface area contributed by atoms with Crippen LogP contribution in [0.4, 0.5) is 0 Å². The number of likely N-dealkylation sites (tertiary alicyclic amines) is 1. The molecule has 1 unspecified atom stereocenters. The number of nitrogens with one attached hydrogen (secondary N) is 1. The number of hydrogen-bond acceptors (Lipinski definition) is 3. The Labute approximate surface area is 187 Å². The molecule has 5 heteroatoms. The minimum atomic E-state index is -0.629. The molecule has 2 heterocycles. The fourth-order valence-electron chi connectivity index (χ4n) is 4.81. The Bertz CT molecular complexity index is 1140. The van der Waals surface area contributed by atoms with Crippen LogP contribution in [0.25, 0.3) is 11.1 Å². The first-order chi connectivity index (χ1) is 15.1. The van der Waals surface area contributed by atoms with Crippen molar-refractivity contribution in [2.24, 2.45) is 5.92 Å². The molecule has 2 fully saturated rings. The van der Waals surface area contributed by atoms with Gasteiger partial charge in [0.05, 0.1) is 5.41 Å². The van der Waals surface area contributed by atoms with Gasteiger partial charge in [-0.1, -0.05) is 54.1 Å². The van der Waals surface area contributed by atoms with Crippen molar-refractivity contribution in [3.05, 3.63) is 89.2 Å². The summed E-state index contributed by atoms with van der Waals surface area (Å²) in [6, 6.07) is 21.8. The Morgan fingerprint density at radius 1 is 1.03 bits per heavy atom. The molecule has 1 aromatic heterocycles. The zero-order chi connectivity index (χ0) is 21.4. The summed E-state index contributed by atoms with van der Waals surface area (Å²) in [4.78, 5) is 19.8. The first-order valence-electron chi connectivity index (χ1n) is 10.7. The Hall–Kier alpha value is -2.98. The summed E-state index contributed by atoms with van der Waals surface area (Å²) in [5.41, 5.74) is 3.41. The van der Waals surface area contributed by atoms with Gasteiger partial charge in [0.2, 0.25) is 5.91 Å². The van der Waals surface area contributed by atoms with Crippen LogP contribution in [0.2, 0.25) is 5.02 Å². The van der Waals surface area contributed by atoms with E-state index in [1.165, 1.54) is 0 Å². The molecular weight excluding hydrogens is 406 g/mol. The van der Waals surface area contributed by atoms with E-state index >= 15 is 0 Å². The quantitative estimate of drug-likeness (QED) is 0.562. The third-order valence-corrected chi connectivity index (χ3v) is 6.76. The average molecular weight is 430 g/mol. The summed E-state index contributed by atoms with van der Waals surface area (Å²) in [5.74, 6) is 0.787. The van der Waals surface area contributed by atoms with Crippen LogP contribution < -0.4 is 0 Å². The predicted octanol–water partition coefficient (Wildman–Crippen LogP) is 5.50. The van der Waals surface area contributed by atoms with Gasteiger partial charge in [0.1, 0.15) is 5.84 Å². The summed E-state index contributed by atoms with van der Waals surface area (Å²) >= 11 is 6.20. The molecular formula is C26H24ClN3O. The minimum absolute atomic E-state index is 0.0687. The SMILES string of the molecule is N=C1CC(c2cccc(-c3cccc(Cl)c3)c2)(C2CC2)C(=O)N1CCc1ccccn1. The molecule has 0 radical (unpaired) electrons. The average Bonchev–Trinajstić information content (AvgIpc) is 3.60. The lowest BCUT2D eigenvalue weighted by atomic mass is 9.74. The number of hydrogen-bond donors (Lipinski definition) is 1. The number of rotatable bonds is 6. The van der Waals surface area contributed by atoms with Crippen molar-refractivity contribution in [1.82, 2.24) is 9.88 Å². The van der Waals surface area contributed by atoms with Crippen molar-refractivity contribution < 1.29 is 4.79 Å². The summed E-state index contributed by atoms with van der Waals surface area (Å²) in [6.07, 6.45) is 4.96. The zero-order valence-electron chi connectivity index (χ0n) is 17.2. The van der Waals surface area contributed by atoms with Gasteiger partial charge < -0.3 is 0 Å². The monoisotopic (exact) mass is 429 g/mol. The van der Waals surface area contributed by atoms with Crippen LogP contribution in [0.15, 0.2) is 72.9 Å². The van der Waals surface area contributed by atoms with Gasteiger partial charge >= 0.3 is 0 Å². The zero-order valence-corrected chi connectivity index (χ0v) is 18.0. The van der Waals surface area contributed by atoms with Crippen molar-refractivity contribution in [1.29, 1.82) is 5.41 Å². The molecule has 1 aliphatic heterocycles. The molecule has 1 saturated carbocycles. The third kappa shape index (κ3) is 3.66. The number of benzene rings is 2. The highest BCUT2D eigenvalue weighted by molar-refractivity contribution is 6.30. The molecule has 5 rings (SSSR count). The molecule has 31 heavy (non-hydrogen) atoms. The summed E-state index contributed by atoms with van der Waals surface area (Å²) < 4.78 is 0. The lowest BCUT2D eigenvalue weighted by molar-refractivity contribution is -0.131. The van der Waals surface area contributed by atoms with Gasteiger partial charge in [-0.2, -0.15) is 0 Å². The smallest absolute Gasteiger partial charge is 0.239 e. The van der Waals surface area contributed by atoms with Gasteiger partial charge in [-0.15, -0.1) is 0 Å². The maximum Gasteiger partial charge on any atom is 0.239 e. The molecule has 0 spiro atoms. The van der Waals surface area contributed by atoms with Crippen molar-refractivity contribution in [2.45, 2.75) is 31.1 Å².